The molecule has 1 atom stereocenters. The minimum atomic E-state index is -1.03. The number of carboxylic acids is 1. The summed E-state index contributed by atoms with van der Waals surface area (Å²) < 4.78 is 5.06. The minimum absolute atomic E-state index is 0.395. The van der Waals surface area contributed by atoms with Gasteiger partial charge in [-0.15, -0.1) is 0 Å². The first-order valence-electron chi connectivity index (χ1n) is 6.32. The predicted octanol–water partition coefficient (Wildman–Crippen LogP) is 1.35. The number of urea groups is 1. The van der Waals surface area contributed by atoms with Crippen molar-refractivity contribution < 1.29 is 19.4 Å². The van der Waals surface area contributed by atoms with Crippen LogP contribution in [0.25, 0.3) is 0 Å². The maximum absolute atomic E-state index is 11.7. The van der Waals surface area contributed by atoms with Crippen LogP contribution in [0.4, 0.5) is 4.79 Å². The monoisotopic (exact) mass is 280 g/mol. The van der Waals surface area contributed by atoms with Crippen molar-refractivity contribution in [3.8, 4) is 5.75 Å². The summed E-state index contributed by atoms with van der Waals surface area (Å²) in [5.74, 6) is -0.245. The lowest BCUT2D eigenvalue weighted by Gasteiger charge is -2.21. The van der Waals surface area contributed by atoms with Gasteiger partial charge >= 0.3 is 12.0 Å². The molecule has 0 spiro atoms. The van der Waals surface area contributed by atoms with E-state index in [1.807, 2.05) is 24.3 Å². The quantitative estimate of drug-likeness (QED) is 0.824. The number of likely N-dealkylation sites (N-methyl/N-ethyl adjacent to an activating group) is 1. The molecule has 0 saturated carbocycles. The minimum Gasteiger partial charge on any atom is -0.497 e. The third kappa shape index (κ3) is 4.46. The molecule has 1 aromatic carbocycles. The largest absolute Gasteiger partial charge is 0.497 e. The number of amides is 2. The van der Waals surface area contributed by atoms with Crippen molar-refractivity contribution in [2.75, 3.05) is 20.7 Å². The van der Waals surface area contributed by atoms with Crippen LogP contribution in [0.1, 0.15) is 12.5 Å². The molecule has 110 valence electrons. The molecule has 2 amide bonds. The van der Waals surface area contributed by atoms with E-state index in [0.717, 1.165) is 16.2 Å². The van der Waals surface area contributed by atoms with Crippen LogP contribution in [0.15, 0.2) is 24.3 Å². The zero-order valence-electron chi connectivity index (χ0n) is 11.9. The summed E-state index contributed by atoms with van der Waals surface area (Å²) in [6, 6.07) is 6.32. The van der Waals surface area contributed by atoms with Crippen LogP contribution in [0.2, 0.25) is 0 Å². The lowest BCUT2D eigenvalue weighted by molar-refractivity contribution is -0.141. The Morgan fingerprint density at radius 3 is 2.45 bits per heavy atom. The Hall–Kier alpha value is -2.24. The molecule has 1 rings (SSSR count). The smallest absolute Gasteiger partial charge is 0.326 e. The Bertz CT molecular complexity index is 459. The summed E-state index contributed by atoms with van der Waals surface area (Å²) in [6.07, 6.45) is 0.672. The third-order valence-corrected chi connectivity index (χ3v) is 3.11. The van der Waals surface area contributed by atoms with Crippen LogP contribution in [0, 0.1) is 0 Å². The standard InChI is InChI=1S/C14H20N2O4/c1-10(13(17)18)16(2)14(19)15-9-8-11-4-6-12(20-3)7-5-11/h4-7,10H,8-9H2,1-3H3,(H,15,19)(H,17,18). The molecule has 2 N–H and O–H groups in total. The fourth-order valence-electron chi connectivity index (χ4n) is 1.57. The zero-order chi connectivity index (χ0) is 15.1. The lowest BCUT2D eigenvalue weighted by Crippen LogP contribution is -2.46. The van der Waals surface area contributed by atoms with Gasteiger partial charge in [0.1, 0.15) is 11.8 Å². The Morgan fingerprint density at radius 1 is 1.35 bits per heavy atom. The van der Waals surface area contributed by atoms with Crippen LogP contribution in [-0.4, -0.2) is 48.8 Å². The van der Waals surface area contributed by atoms with Crippen LogP contribution in [0.5, 0.6) is 5.75 Å². The number of carbonyl (C=O) groups is 2. The highest BCUT2D eigenvalue weighted by Crippen LogP contribution is 2.11. The zero-order valence-corrected chi connectivity index (χ0v) is 11.9. The summed E-state index contributed by atoms with van der Waals surface area (Å²) in [5.41, 5.74) is 1.07. The second-order valence-electron chi connectivity index (χ2n) is 4.46. The second-order valence-corrected chi connectivity index (χ2v) is 4.46. The normalized spacial score (nSPS) is 11.6. The average Bonchev–Trinajstić information content (AvgIpc) is 2.46. The van der Waals surface area contributed by atoms with Crippen molar-refractivity contribution in [3.05, 3.63) is 29.8 Å². The number of nitrogens with zero attached hydrogens (tertiary/aromatic N) is 1. The Balaban J connectivity index is 2.39. The first kappa shape index (κ1) is 15.8. The predicted molar refractivity (Wildman–Crippen MR) is 75.0 cm³/mol. The first-order valence-corrected chi connectivity index (χ1v) is 6.32. The molecule has 0 radical (unpaired) electrons. The van der Waals surface area contributed by atoms with Crippen molar-refractivity contribution in [1.29, 1.82) is 0 Å². The van der Waals surface area contributed by atoms with Crippen LogP contribution < -0.4 is 10.1 Å². The highest BCUT2D eigenvalue weighted by molar-refractivity contribution is 5.82. The van der Waals surface area contributed by atoms with Gasteiger partial charge in [-0.05, 0) is 31.0 Å². The fourth-order valence-corrected chi connectivity index (χ4v) is 1.57. The van der Waals surface area contributed by atoms with Crippen LogP contribution >= 0.6 is 0 Å². The Morgan fingerprint density at radius 2 is 1.95 bits per heavy atom. The van der Waals surface area contributed by atoms with Gasteiger partial charge in [0, 0.05) is 13.6 Å². The maximum Gasteiger partial charge on any atom is 0.326 e. The number of hydrogen-bond donors (Lipinski definition) is 2. The first-order chi connectivity index (χ1) is 9.45. The SMILES string of the molecule is COc1ccc(CCNC(=O)N(C)C(C)C(=O)O)cc1. The fraction of sp³-hybridized carbons (Fsp3) is 0.429. The van der Waals surface area contributed by atoms with E-state index in [2.05, 4.69) is 5.32 Å². The van der Waals surface area contributed by atoms with Gasteiger partial charge in [0.2, 0.25) is 0 Å². The van der Waals surface area contributed by atoms with E-state index in [1.54, 1.807) is 7.11 Å². The van der Waals surface area contributed by atoms with Crippen molar-refractivity contribution in [1.82, 2.24) is 10.2 Å². The molecule has 0 aromatic heterocycles. The molecule has 20 heavy (non-hydrogen) atoms. The topological polar surface area (TPSA) is 78.9 Å². The van der Waals surface area contributed by atoms with Crippen LogP contribution in [-0.2, 0) is 11.2 Å². The molecule has 0 aliphatic heterocycles. The molecule has 0 fully saturated rings. The number of hydrogen-bond acceptors (Lipinski definition) is 3. The summed E-state index contributed by atoms with van der Waals surface area (Å²) in [7, 11) is 3.07. The molecular weight excluding hydrogens is 260 g/mol. The van der Waals surface area contributed by atoms with Gasteiger partial charge in [0.25, 0.3) is 0 Å². The van der Waals surface area contributed by atoms with Crippen LogP contribution in [0.3, 0.4) is 0 Å². The van der Waals surface area contributed by atoms with Crippen molar-refractivity contribution in [2.24, 2.45) is 0 Å². The van der Waals surface area contributed by atoms with Crippen molar-refractivity contribution in [2.45, 2.75) is 19.4 Å². The van der Waals surface area contributed by atoms with E-state index < -0.39 is 18.0 Å². The van der Waals surface area contributed by atoms with E-state index in [9.17, 15) is 9.59 Å². The summed E-state index contributed by atoms with van der Waals surface area (Å²) in [4.78, 5) is 23.6. The number of methoxy groups -OCH3 is 1. The molecule has 1 aromatic rings. The number of rotatable bonds is 6. The highest BCUT2D eigenvalue weighted by Gasteiger charge is 2.20. The Labute approximate surface area is 118 Å². The van der Waals surface area contributed by atoms with Gasteiger partial charge in [0.15, 0.2) is 0 Å². The number of carboxylic acid groups (broad SMARTS) is 1. The molecule has 0 aliphatic rings. The van der Waals surface area contributed by atoms with Gasteiger partial charge in [0.05, 0.1) is 7.11 Å². The molecule has 1 unspecified atom stereocenters. The number of aliphatic carboxylic acids is 1. The van der Waals surface area contributed by atoms with E-state index in [4.69, 9.17) is 9.84 Å². The number of ether oxygens (including phenoxy) is 1. The third-order valence-electron chi connectivity index (χ3n) is 3.11. The van der Waals surface area contributed by atoms with Crippen molar-refractivity contribution >= 4 is 12.0 Å². The molecule has 0 aliphatic carbocycles. The van der Waals surface area contributed by atoms with Gasteiger partial charge < -0.3 is 20.1 Å². The Kier molecular flexibility index (Phi) is 5.83. The van der Waals surface area contributed by atoms with Crippen molar-refractivity contribution in [3.63, 3.8) is 0 Å². The lowest BCUT2D eigenvalue weighted by atomic mass is 10.1. The molecule has 0 heterocycles. The summed E-state index contributed by atoms with van der Waals surface area (Å²) in [6.45, 7) is 1.91. The average molecular weight is 280 g/mol. The van der Waals surface area contributed by atoms with E-state index in [1.165, 1.54) is 14.0 Å². The maximum atomic E-state index is 11.7. The summed E-state index contributed by atoms with van der Waals surface area (Å²) >= 11 is 0. The van der Waals surface area contributed by atoms with E-state index in [-0.39, 0.29) is 0 Å². The second kappa shape index (κ2) is 7.37. The highest BCUT2D eigenvalue weighted by atomic mass is 16.5. The molecular formula is C14H20N2O4. The molecule has 6 nitrogen and oxygen atoms in total. The number of benzene rings is 1. The summed E-state index contributed by atoms with van der Waals surface area (Å²) in [5, 5.41) is 11.5. The van der Waals surface area contributed by atoms with Gasteiger partial charge in [-0.1, -0.05) is 12.1 Å². The van der Waals surface area contributed by atoms with Gasteiger partial charge in [-0.25, -0.2) is 9.59 Å². The molecule has 0 saturated heterocycles. The van der Waals surface area contributed by atoms with Gasteiger partial charge in [-0.3, -0.25) is 0 Å². The number of carbonyl (C=O) groups excluding carboxylic acids is 1. The van der Waals surface area contributed by atoms with E-state index in [0.29, 0.717) is 13.0 Å². The molecule has 0 bridgehead atoms. The number of nitrogens with one attached hydrogen (secondary N) is 1. The van der Waals surface area contributed by atoms with E-state index >= 15 is 0 Å². The van der Waals surface area contributed by atoms with Gasteiger partial charge in [-0.2, -0.15) is 0 Å². The molecule has 6 heteroatoms.